The Balaban J connectivity index is 1.46. The van der Waals surface area contributed by atoms with Gasteiger partial charge in [-0.3, -0.25) is 10.2 Å². The molecule has 9 heteroatoms. The molecule has 2 heterocycles. The lowest BCUT2D eigenvalue weighted by molar-refractivity contribution is 0.000337. The molecule has 1 fully saturated rings. The van der Waals surface area contributed by atoms with Crippen LogP contribution in [-0.2, 0) is 4.74 Å². The number of ether oxygens (including phenoxy) is 2. The minimum atomic E-state index is -0.950. The summed E-state index contributed by atoms with van der Waals surface area (Å²) in [5.74, 6) is 0.769. The lowest BCUT2D eigenvalue weighted by atomic mass is 9.96. The number of aromatic nitrogens is 1. The predicted molar refractivity (Wildman–Crippen MR) is 136 cm³/mol. The number of carbonyl (C=O) groups is 1. The Hall–Kier alpha value is -3.69. The molecule has 0 saturated carbocycles. The number of carbonyl (C=O) groups excluding carboxylic acids is 1. The highest BCUT2D eigenvalue weighted by molar-refractivity contribution is 6.12. The molecular weight excluding hydrogens is 460 g/mol. The van der Waals surface area contributed by atoms with Gasteiger partial charge in [0.2, 0.25) is 0 Å². The summed E-state index contributed by atoms with van der Waals surface area (Å²) in [6.07, 6.45) is 1.66. The first kappa shape index (κ1) is 25.4. The maximum absolute atomic E-state index is 13.1. The smallest absolute Gasteiger partial charge is 0.254 e. The Labute approximate surface area is 210 Å². The van der Waals surface area contributed by atoms with Crippen molar-refractivity contribution in [3.05, 3.63) is 65.4 Å². The molecule has 36 heavy (non-hydrogen) atoms. The van der Waals surface area contributed by atoms with Gasteiger partial charge in [0.05, 0.1) is 18.2 Å². The molecule has 1 aliphatic rings. The summed E-state index contributed by atoms with van der Waals surface area (Å²) >= 11 is 0. The number of amides is 1. The molecule has 1 saturated heterocycles. The molecule has 0 unspecified atom stereocenters. The second-order valence-corrected chi connectivity index (χ2v) is 9.43. The van der Waals surface area contributed by atoms with Crippen LogP contribution in [0, 0.1) is 5.41 Å². The van der Waals surface area contributed by atoms with Gasteiger partial charge in [-0.2, -0.15) is 0 Å². The van der Waals surface area contributed by atoms with E-state index in [0.29, 0.717) is 48.0 Å². The quantitative estimate of drug-likeness (QED) is 0.235. The third kappa shape index (κ3) is 5.42. The van der Waals surface area contributed by atoms with Crippen LogP contribution in [0.3, 0.4) is 0 Å². The van der Waals surface area contributed by atoms with Crippen molar-refractivity contribution in [2.75, 3.05) is 32.6 Å². The zero-order valence-corrected chi connectivity index (χ0v) is 20.8. The average Bonchev–Trinajstić information content (AvgIpc) is 3.54. The number of hydrogen-bond acceptors (Lipinski definition) is 8. The normalized spacial score (nSPS) is 15.8. The average molecular weight is 493 g/mol. The van der Waals surface area contributed by atoms with Crippen molar-refractivity contribution in [3.63, 3.8) is 0 Å². The number of likely N-dealkylation sites (tertiary alicyclic amines) is 1. The minimum absolute atomic E-state index is 0.0982. The van der Waals surface area contributed by atoms with Crippen LogP contribution in [0.5, 0.6) is 5.75 Å². The van der Waals surface area contributed by atoms with E-state index in [1.54, 1.807) is 74.4 Å². The van der Waals surface area contributed by atoms with Crippen molar-refractivity contribution in [3.8, 4) is 17.0 Å². The van der Waals surface area contributed by atoms with E-state index in [1.165, 1.54) is 0 Å². The molecule has 0 spiro atoms. The minimum Gasteiger partial charge on any atom is -0.491 e. The number of nitrogen functional groups attached to an aromatic ring is 1. The highest BCUT2D eigenvalue weighted by atomic mass is 16.5. The number of nitrogens with one attached hydrogen (secondary N) is 1. The largest absolute Gasteiger partial charge is 0.491 e. The summed E-state index contributed by atoms with van der Waals surface area (Å²) in [6.45, 7) is 4.98. The number of nitrogens with zero attached hydrogens (tertiary/aromatic N) is 2. The van der Waals surface area contributed by atoms with E-state index in [2.05, 4.69) is 5.16 Å². The molecule has 1 aromatic heterocycles. The number of anilines is 1. The van der Waals surface area contributed by atoms with Crippen LogP contribution in [0.1, 0.15) is 48.4 Å². The van der Waals surface area contributed by atoms with Crippen molar-refractivity contribution in [1.29, 1.82) is 5.41 Å². The Morgan fingerprint density at radius 1 is 1.22 bits per heavy atom. The fraction of sp³-hybridized carbons (Fsp3) is 0.370. The molecular formula is C27H32N4O5. The number of hydrogen-bond donors (Lipinski definition) is 3. The predicted octanol–water partition coefficient (Wildman–Crippen LogP) is 3.74. The van der Waals surface area contributed by atoms with Gasteiger partial charge in [0.25, 0.3) is 5.91 Å². The molecule has 190 valence electrons. The van der Waals surface area contributed by atoms with Gasteiger partial charge in [-0.1, -0.05) is 17.3 Å². The fourth-order valence-electron chi connectivity index (χ4n) is 4.46. The molecule has 3 aromatic rings. The first-order chi connectivity index (χ1) is 17.2. The van der Waals surface area contributed by atoms with Gasteiger partial charge in [0.15, 0.2) is 5.76 Å². The maximum Gasteiger partial charge on any atom is 0.254 e. The molecule has 0 bridgehead atoms. The molecule has 9 nitrogen and oxygen atoms in total. The van der Waals surface area contributed by atoms with Crippen LogP contribution >= 0.6 is 0 Å². The lowest BCUT2D eigenvalue weighted by Crippen LogP contribution is -2.48. The molecule has 1 amide bonds. The molecule has 1 aliphatic heterocycles. The van der Waals surface area contributed by atoms with Gasteiger partial charge in [-0.25, -0.2) is 0 Å². The van der Waals surface area contributed by atoms with E-state index in [1.807, 2.05) is 0 Å². The Morgan fingerprint density at radius 3 is 2.64 bits per heavy atom. The number of methoxy groups -OCH3 is 1. The lowest BCUT2D eigenvalue weighted by Gasteiger charge is -2.33. The number of rotatable bonds is 9. The van der Waals surface area contributed by atoms with Crippen molar-refractivity contribution in [2.24, 2.45) is 0 Å². The highest BCUT2D eigenvalue weighted by Gasteiger charge is 2.38. The molecule has 4 N–H and O–H groups in total. The second kappa shape index (κ2) is 10.5. The molecule has 0 radical (unpaired) electrons. The third-order valence-corrected chi connectivity index (χ3v) is 6.36. The fourth-order valence-corrected chi connectivity index (χ4v) is 4.46. The van der Waals surface area contributed by atoms with Gasteiger partial charge in [0, 0.05) is 48.2 Å². The molecule has 2 aromatic carbocycles. The Morgan fingerprint density at radius 2 is 1.97 bits per heavy atom. The van der Waals surface area contributed by atoms with E-state index in [4.69, 9.17) is 25.1 Å². The molecule has 4 rings (SSSR count). The second-order valence-electron chi connectivity index (χ2n) is 9.43. The van der Waals surface area contributed by atoms with Crippen molar-refractivity contribution in [2.45, 2.75) is 38.3 Å². The molecule has 1 atom stereocenters. The van der Waals surface area contributed by atoms with Crippen LogP contribution in [0.25, 0.3) is 11.3 Å². The summed E-state index contributed by atoms with van der Waals surface area (Å²) in [5.41, 5.74) is 8.05. The number of aliphatic hydroxyl groups is 1. The topological polar surface area (TPSA) is 135 Å². The first-order valence-corrected chi connectivity index (χ1v) is 11.9. The van der Waals surface area contributed by atoms with Gasteiger partial charge in [-0.05, 0) is 51.0 Å². The number of nitrogens with two attached hydrogens (primary N) is 1. The Bertz CT molecular complexity index is 1230. The van der Waals surface area contributed by atoms with E-state index in [0.717, 1.165) is 18.4 Å². The van der Waals surface area contributed by atoms with Gasteiger partial charge in [0.1, 0.15) is 23.8 Å². The highest BCUT2D eigenvalue weighted by Crippen LogP contribution is 2.29. The van der Waals surface area contributed by atoms with Crippen molar-refractivity contribution >= 4 is 17.3 Å². The summed E-state index contributed by atoms with van der Waals surface area (Å²) in [5, 5.41) is 23.1. The van der Waals surface area contributed by atoms with E-state index in [-0.39, 0.29) is 23.4 Å². The Kier molecular flexibility index (Phi) is 7.42. The van der Waals surface area contributed by atoms with Crippen molar-refractivity contribution in [1.82, 2.24) is 10.1 Å². The van der Waals surface area contributed by atoms with Crippen LogP contribution in [0.2, 0.25) is 0 Å². The van der Waals surface area contributed by atoms with Gasteiger partial charge in [-0.15, -0.1) is 0 Å². The summed E-state index contributed by atoms with van der Waals surface area (Å²) < 4.78 is 16.0. The van der Waals surface area contributed by atoms with Crippen LogP contribution in [0.15, 0.2) is 53.1 Å². The third-order valence-electron chi connectivity index (χ3n) is 6.36. The zero-order chi connectivity index (χ0) is 25.9. The van der Waals surface area contributed by atoms with Gasteiger partial charge < -0.3 is 29.7 Å². The monoisotopic (exact) mass is 492 g/mol. The van der Waals surface area contributed by atoms with Gasteiger partial charge >= 0.3 is 0 Å². The van der Waals surface area contributed by atoms with Crippen LogP contribution in [0.4, 0.5) is 5.69 Å². The first-order valence-electron chi connectivity index (χ1n) is 11.9. The SMILES string of the molecule is COCCOc1ccc(C(=N)c2cc(-c3ccc(C(=O)N4CCC[C@@H]4C(C)(C)O)cc3)no2)c(N)c1. The van der Waals surface area contributed by atoms with Crippen LogP contribution < -0.4 is 10.5 Å². The van der Waals surface area contributed by atoms with Crippen LogP contribution in [-0.4, -0.2) is 65.3 Å². The summed E-state index contributed by atoms with van der Waals surface area (Å²) in [6, 6.07) is 13.7. The van der Waals surface area contributed by atoms with E-state index >= 15 is 0 Å². The number of benzene rings is 2. The van der Waals surface area contributed by atoms with Crippen molar-refractivity contribution < 1.29 is 23.9 Å². The van der Waals surface area contributed by atoms with E-state index in [9.17, 15) is 9.90 Å². The summed E-state index contributed by atoms with van der Waals surface area (Å²) in [4.78, 5) is 14.8. The maximum atomic E-state index is 13.1. The molecule has 0 aliphatic carbocycles. The zero-order valence-electron chi connectivity index (χ0n) is 20.8. The van der Waals surface area contributed by atoms with E-state index < -0.39 is 5.60 Å². The standard InChI is InChI=1S/C27H32N4O5/c1-27(2,33)24-5-4-12-31(24)26(32)18-8-6-17(7-9-18)22-16-23(36-30-22)25(29)20-11-10-19(15-21(20)28)35-14-13-34-3/h6-11,15-16,24,29,33H,4-5,12-14,28H2,1-3H3/t24-/m1/s1. The summed E-state index contributed by atoms with van der Waals surface area (Å²) in [7, 11) is 1.60.